The van der Waals surface area contributed by atoms with Gasteiger partial charge in [-0.25, -0.2) is 0 Å². The maximum atomic E-state index is 12.5. The number of amides is 2. The molecule has 2 unspecified atom stereocenters. The molecule has 1 aliphatic heterocycles. The Bertz CT molecular complexity index is 544. The molecule has 7 heteroatoms. The van der Waals surface area contributed by atoms with E-state index in [4.69, 9.17) is 5.73 Å². The van der Waals surface area contributed by atoms with Gasteiger partial charge < -0.3 is 15.5 Å². The number of halogens is 1. The van der Waals surface area contributed by atoms with E-state index in [1.807, 2.05) is 26.6 Å². The smallest absolute Gasteiger partial charge is 0.254 e. The van der Waals surface area contributed by atoms with E-state index in [0.717, 1.165) is 18.4 Å². The molecule has 0 radical (unpaired) electrons. The Hall–Kier alpha value is -1.11. The van der Waals surface area contributed by atoms with Gasteiger partial charge >= 0.3 is 0 Å². The fourth-order valence-electron chi connectivity index (χ4n) is 3.57. The molecule has 2 N–H and O–H groups in total. The number of nitrogens with two attached hydrogens (primary N) is 1. The largest absolute Gasteiger partial charge is 0.339 e. The summed E-state index contributed by atoms with van der Waals surface area (Å²) in [6.45, 7) is 2.52. The Labute approximate surface area is 153 Å². The van der Waals surface area contributed by atoms with Gasteiger partial charge in [0.25, 0.3) is 5.91 Å². The standard InChI is InChI=1S/C17H25N3O2S.ClH/c18-15-4-2-1-3-13(15)11-16(21)19-6-8-20(9-7-19)17(22)14-5-10-23-12-14;/h5,10,12-13,15H,1-4,6-9,11,18H2;1H. The molecule has 0 aromatic carbocycles. The minimum Gasteiger partial charge on any atom is -0.339 e. The van der Waals surface area contributed by atoms with Crippen LogP contribution in [0.1, 0.15) is 42.5 Å². The molecule has 1 saturated carbocycles. The summed E-state index contributed by atoms with van der Waals surface area (Å²) in [4.78, 5) is 28.5. The monoisotopic (exact) mass is 371 g/mol. The molecule has 24 heavy (non-hydrogen) atoms. The Kier molecular flexibility index (Phi) is 7.07. The van der Waals surface area contributed by atoms with Crippen LogP contribution in [-0.4, -0.2) is 53.8 Å². The highest BCUT2D eigenvalue weighted by Crippen LogP contribution is 2.26. The van der Waals surface area contributed by atoms with E-state index in [-0.39, 0.29) is 30.3 Å². The zero-order chi connectivity index (χ0) is 16.2. The van der Waals surface area contributed by atoms with Crippen molar-refractivity contribution in [1.82, 2.24) is 9.80 Å². The van der Waals surface area contributed by atoms with Gasteiger partial charge in [-0.2, -0.15) is 11.3 Å². The zero-order valence-corrected chi connectivity index (χ0v) is 15.5. The third-order valence-electron chi connectivity index (χ3n) is 5.09. The van der Waals surface area contributed by atoms with E-state index in [1.54, 1.807) is 0 Å². The molecule has 1 aliphatic carbocycles. The summed E-state index contributed by atoms with van der Waals surface area (Å²) in [5.74, 6) is 0.615. The summed E-state index contributed by atoms with van der Waals surface area (Å²) in [5.41, 5.74) is 6.90. The third kappa shape index (κ3) is 4.49. The van der Waals surface area contributed by atoms with Gasteiger partial charge in [0.15, 0.2) is 0 Å². The SMILES string of the molecule is Cl.NC1CCCCC1CC(=O)N1CCN(C(=O)c2ccsc2)CC1. The molecule has 0 bridgehead atoms. The Balaban J connectivity index is 0.00000208. The summed E-state index contributed by atoms with van der Waals surface area (Å²) in [6.07, 6.45) is 5.06. The minimum atomic E-state index is 0. The number of carbonyl (C=O) groups is 2. The molecule has 2 amide bonds. The van der Waals surface area contributed by atoms with Crippen molar-refractivity contribution in [2.24, 2.45) is 11.7 Å². The van der Waals surface area contributed by atoms with Crippen LogP contribution >= 0.6 is 23.7 Å². The maximum absolute atomic E-state index is 12.5. The Morgan fingerprint density at radius 3 is 2.42 bits per heavy atom. The second kappa shape index (κ2) is 8.83. The van der Waals surface area contributed by atoms with Gasteiger partial charge in [0.1, 0.15) is 0 Å². The first-order valence-electron chi connectivity index (χ1n) is 8.50. The van der Waals surface area contributed by atoms with Crippen LogP contribution in [-0.2, 0) is 4.79 Å². The lowest BCUT2D eigenvalue weighted by Gasteiger charge is -2.36. The number of carbonyl (C=O) groups excluding carboxylic acids is 2. The molecule has 1 saturated heterocycles. The molecule has 2 fully saturated rings. The fourth-order valence-corrected chi connectivity index (χ4v) is 4.20. The van der Waals surface area contributed by atoms with Gasteiger partial charge in [0.05, 0.1) is 5.56 Å². The number of piperazine rings is 1. The Morgan fingerprint density at radius 2 is 1.79 bits per heavy atom. The second-order valence-electron chi connectivity index (χ2n) is 6.60. The van der Waals surface area contributed by atoms with Crippen LogP contribution in [0.2, 0.25) is 0 Å². The van der Waals surface area contributed by atoms with Gasteiger partial charge in [-0.05, 0) is 30.2 Å². The lowest BCUT2D eigenvalue weighted by molar-refractivity contribution is -0.134. The van der Waals surface area contributed by atoms with E-state index in [2.05, 4.69) is 0 Å². The van der Waals surface area contributed by atoms with Crippen molar-refractivity contribution in [3.63, 3.8) is 0 Å². The number of rotatable bonds is 3. The predicted octanol–water partition coefficient (Wildman–Crippen LogP) is 2.36. The molecule has 2 heterocycles. The zero-order valence-electron chi connectivity index (χ0n) is 13.9. The van der Waals surface area contributed by atoms with Crippen molar-refractivity contribution < 1.29 is 9.59 Å². The van der Waals surface area contributed by atoms with Crippen LogP contribution in [0.25, 0.3) is 0 Å². The summed E-state index contributed by atoms with van der Waals surface area (Å²) in [5, 5.41) is 3.80. The molecule has 1 aromatic heterocycles. The quantitative estimate of drug-likeness (QED) is 0.886. The lowest BCUT2D eigenvalue weighted by atomic mass is 9.82. The molecule has 1 aromatic rings. The van der Waals surface area contributed by atoms with Crippen molar-refractivity contribution >= 4 is 35.6 Å². The lowest BCUT2D eigenvalue weighted by Crippen LogP contribution is -2.51. The molecule has 0 spiro atoms. The van der Waals surface area contributed by atoms with Gasteiger partial charge in [0, 0.05) is 44.0 Å². The average molecular weight is 372 g/mol. The van der Waals surface area contributed by atoms with Crippen LogP contribution in [0.3, 0.4) is 0 Å². The highest BCUT2D eigenvalue weighted by Gasteiger charge is 2.29. The summed E-state index contributed by atoms with van der Waals surface area (Å²) in [7, 11) is 0. The van der Waals surface area contributed by atoms with E-state index in [0.29, 0.717) is 38.5 Å². The topological polar surface area (TPSA) is 66.6 Å². The fraction of sp³-hybridized carbons (Fsp3) is 0.647. The van der Waals surface area contributed by atoms with Crippen LogP contribution < -0.4 is 5.73 Å². The van der Waals surface area contributed by atoms with Crippen molar-refractivity contribution in [2.45, 2.75) is 38.1 Å². The van der Waals surface area contributed by atoms with Crippen molar-refractivity contribution in [1.29, 1.82) is 0 Å². The van der Waals surface area contributed by atoms with Crippen molar-refractivity contribution in [3.05, 3.63) is 22.4 Å². The molecular formula is C17H26ClN3O2S. The van der Waals surface area contributed by atoms with Crippen LogP contribution in [0, 0.1) is 5.92 Å². The molecule has 134 valence electrons. The highest BCUT2D eigenvalue weighted by atomic mass is 35.5. The van der Waals surface area contributed by atoms with E-state index < -0.39 is 0 Å². The third-order valence-corrected chi connectivity index (χ3v) is 5.78. The average Bonchev–Trinajstić information content (AvgIpc) is 3.11. The number of hydrogen-bond donors (Lipinski definition) is 1. The highest BCUT2D eigenvalue weighted by molar-refractivity contribution is 7.08. The first kappa shape index (κ1) is 19.2. The minimum absolute atomic E-state index is 0. The van der Waals surface area contributed by atoms with Crippen molar-refractivity contribution in [2.75, 3.05) is 26.2 Å². The van der Waals surface area contributed by atoms with Gasteiger partial charge in [-0.3, -0.25) is 9.59 Å². The van der Waals surface area contributed by atoms with Gasteiger partial charge in [-0.15, -0.1) is 12.4 Å². The summed E-state index contributed by atoms with van der Waals surface area (Å²) >= 11 is 1.53. The van der Waals surface area contributed by atoms with Crippen LogP contribution in [0.5, 0.6) is 0 Å². The molecule has 2 aliphatic rings. The first-order valence-corrected chi connectivity index (χ1v) is 9.44. The number of hydrogen-bond acceptors (Lipinski definition) is 4. The first-order chi connectivity index (χ1) is 11.1. The molecular weight excluding hydrogens is 346 g/mol. The van der Waals surface area contributed by atoms with Crippen molar-refractivity contribution in [3.8, 4) is 0 Å². The predicted molar refractivity (Wildman–Crippen MR) is 98.6 cm³/mol. The number of nitrogens with zero attached hydrogens (tertiary/aromatic N) is 2. The summed E-state index contributed by atoms with van der Waals surface area (Å²) in [6, 6.07) is 2.03. The van der Waals surface area contributed by atoms with Crippen LogP contribution in [0.4, 0.5) is 0 Å². The molecule has 2 atom stereocenters. The van der Waals surface area contributed by atoms with Gasteiger partial charge in [0.2, 0.25) is 5.91 Å². The maximum Gasteiger partial charge on any atom is 0.254 e. The molecule has 5 nitrogen and oxygen atoms in total. The summed E-state index contributed by atoms with van der Waals surface area (Å²) < 4.78 is 0. The van der Waals surface area contributed by atoms with E-state index >= 15 is 0 Å². The Morgan fingerprint density at radius 1 is 1.12 bits per heavy atom. The van der Waals surface area contributed by atoms with E-state index in [1.165, 1.54) is 24.2 Å². The molecule has 3 rings (SSSR count). The van der Waals surface area contributed by atoms with E-state index in [9.17, 15) is 9.59 Å². The number of thiophene rings is 1. The van der Waals surface area contributed by atoms with Crippen LogP contribution in [0.15, 0.2) is 16.8 Å². The second-order valence-corrected chi connectivity index (χ2v) is 7.38. The van der Waals surface area contributed by atoms with Gasteiger partial charge in [-0.1, -0.05) is 12.8 Å². The normalized spacial score (nSPS) is 24.4.